The van der Waals surface area contributed by atoms with Gasteiger partial charge in [0.25, 0.3) is 0 Å². The van der Waals surface area contributed by atoms with Crippen molar-refractivity contribution in [2.45, 2.75) is 57.8 Å². The molecule has 111 heavy (non-hydrogen) atoms. The molecule has 0 atom stereocenters. The molecule has 0 N–H and O–H groups in total. The molecule has 528 valence electrons. The van der Waals surface area contributed by atoms with Crippen molar-refractivity contribution in [3.05, 3.63) is 361 Å². The summed E-state index contributed by atoms with van der Waals surface area (Å²) < 4.78 is 37.7. The highest BCUT2D eigenvalue weighted by atomic mass is 16.3. The lowest BCUT2D eigenvalue weighted by Gasteiger charge is -2.13. The second-order valence-electron chi connectivity index (χ2n) is 30.3. The van der Waals surface area contributed by atoms with E-state index < -0.39 is 0 Å². The van der Waals surface area contributed by atoms with E-state index in [0.717, 1.165) is 223 Å². The number of aryl methyl sites for hydroxylation is 6. The van der Waals surface area contributed by atoms with E-state index in [9.17, 15) is 0 Å². The van der Waals surface area contributed by atoms with Crippen molar-refractivity contribution in [3.8, 4) is 66.8 Å². The maximum Gasteiger partial charge on any atom is 0.135 e. The molecule has 22 aromatic rings. The van der Waals surface area contributed by atoms with Crippen LogP contribution in [0.5, 0.6) is 0 Å². The Kier molecular flexibility index (Phi) is 15.5. The zero-order chi connectivity index (χ0) is 73.0. The molecule has 6 nitrogen and oxygen atoms in total. The van der Waals surface area contributed by atoms with Gasteiger partial charge in [0.1, 0.15) is 67.0 Å². The summed E-state index contributed by atoms with van der Waals surface area (Å²) in [4.78, 5) is 0. The third-order valence-electron chi connectivity index (χ3n) is 23.3. The van der Waals surface area contributed by atoms with Gasteiger partial charge in [-0.15, -0.1) is 0 Å². The minimum absolute atomic E-state index is 0.902. The first-order valence-electron chi connectivity index (χ1n) is 38.9. The maximum atomic E-state index is 6.41. The Morgan fingerprint density at radius 2 is 0.306 bits per heavy atom. The minimum atomic E-state index is 0.902. The Morgan fingerprint density at radius 1 is 0.126 bits per heavy atom. The molecule has 0 spiro atoms. The summed E-state index contributed by atoms with van der Waals surface area (Å²) in [5, 5.41) is 13.7. The van der Waals surface area contributed by atoms with Crippen LogP contribution < -0.4 is 0 Å². The zero-order valence-electron chi connectivity index (χ0n) is 61.0. The smallest absolute Gasteiger partial charge is 0.135 e. The van der Waals surface area contributed by atoms with E-state index in [1.165, 1.54) is 66.8 Å². The highest BCUT2D eigenvalue weighted by molar-refractivity contribution is 6.12. The van der Waals surface area contributed by atoms with E-state index in [4.69, 9.17) is 26.5 Å². The summed E-state index contributed by atoms with van der Waals surface area (Å²) in [6.45, 7) is 0. The molecule has 0 unspecified atom stereocenters. The predicted octanol–water partition coefficient (Wildman–Crippen LogP) is 29.6. The van der Waals surface area contributed by atoms with Crippen molar-refractivity contribution in [2.75, 3.05) is 0 Å². The predicted molar refractivity (Wildman–Crippen MR) is 458 cm³/mol. The van der Waals surface area contributed by atoms with Crippen molar-refractivity contribution < 1.29 is 26.5 Å². The molecule has 6 heterocycles. The second-order valence-corrected chi connectivity index (χ2v) is 30.3. The van der Waals surface area contributed by atoms with Crippen LogP contribution in [-0.4, -0.2) is 0 Å². The van der Waals surface area contributed by atoms with Gasteiger partial charge in [-0.05, 0) is 304 Å². The zero-order valence-corrected chi connectivity index (χ0v) is 61.0. The van der Waals surface area contributed by atoms with Crippen LogP contribution in [0.15, 0.2) is 354 Å². The van der Waals surface area contributed by atoms with Crippen LogP contribution in [0, 0.1) is 0 Å². The van der Waals surface area contributed by atoms with E-state index in [1.807, 2.05) is 36.4 Å². The molecule has 0 aliphatic carbocycles. The van der Waals surface area contributed by atoms with Gasteiger partial charge in [0.2, 0.25) is 0 Å². The van der Waals surface area contributed by atoms with Gasteiger partial charge in [-0.1, -0.05) is 182 Å². The molecule has 0 saturated carbocycles. The number of furan rings is 6. The van der Waals surface area contributed by atoms with Crippen molar-refractivity contribution in [1.82, 2.24) is 0 Å². The monoisotopic (exact) mass is 1430 g/mol. The van der Waals surface area contributed by atoms with Gasteiger partial charge in [0.05, 0.1) is 0 Å². The molecule has 0 aliphatic heterocycles. The van der Waals surface area contributed by atoms with Crippen LogP contribution in [0.3, 0.4) is 0 Å². The molecule has 16 aromatic carbocycles. The lowest BCUT2D eigenvalue weighted by Crippen LogP contribution is -1.92. The minimum Gasteiger partial charge on any atom is -0.456 e. The van der Waals surface area contributed by atoms with Crippen LogP contribution in [0.1, 0.15) is 52.6 Å². The van der Waals surface area contributed by atoms with E-state index >= 15 is 0 Å². The van der Waals surface area contributed by atoms with Gasteiger partial charge in [-0.3, -0.25) is 0 Å². The Morgan fingerprint density at radius 3 is 0.559 bits per heavy atom. The molecule has 0 fully saturated rings. The van der Waals surface area contributed by atoms with Crippen molar-refractivity contribution in [2.24, 2.45) is 0 Å². The van der Waals surface area contributed by atoms with Crippen LogP contribution >= 0.6 is 0 Å². The molecule has 0 aliphatic rings. The van der Waals surface area contributed by atoms with Crippen molar-refractivity contribution in [3.63, 3.8) is 0 Å². The summed E-state index contributed by atoms with van der Waals surface area (Å²) in [6, 6.07) is 119. The number of rotatable bonds is 18. The molecule has 0 bridgehead atoms. The van der Waals surface area contributed by atoms with Gasteiger partial charge in [-0.25, -0.2) is 0 Å². The lowest BCUT2D eigenvalue weighted by molar-refractivity contribution is 0.668. The summed E-state index contributed by atoms with van der Waals surface area (Å²) in [6.07, 6.45) is 8.94. The SMILES string of the molecule is c1ccc2c(c1)oc1ccc(-c3ccc4oc5ccc(CCCc6ccc(-c7cc(-c8ccc(CCCc9ccc%10oc%11ccc(-c%12ccc%13oc%14ccccc%14c%13c%12)cc%11c%10c9)cc8)cc(-c8ccc(CCCc9ccc%10oc%11ccc(-c%12ccc%13oc%14ccccc%14c%13c%12)cc%11c%10c9)cc8)c7)cc6)cc5c4c3)cc12. The lowest BCUT2D eigenvalue weighted by atomic mass is 9.91. The molecule has 0 radical (unpaired) electrons. The summed E-state index contributed by atoms with van der Waals surface area (Å²) in [5.41, 5.74) is 33.0. The molecular formula is C105H72O6. The maximum absolute atomic E-state index is 6.41. The molecule has 0 amide bonds. The quantitative estimate of drug-likeness (QED) is 0.0852. The third kappa shape index (κ3) is 11.9. The van der Waals surface area contributed by atoms with E-state index in [2.05, 4.69) is 291 Å². The van der Waals surface area contributed by atoms with Gasteiger partial charge in [0, 0.05) is 64.6 Å². The number of hydrogen-bond donors (Lipinski definition) is 0. The number of hydrogen-bond acceptors (Lipinski definition) is 6. The molecule has 6 heteroatoms. The van der Waals surface area contributed by atoms with Crippen LogP contribution in [0.25, 0.3) is 198 Å². The summed E-state index contributed by atoms with van der Waals surface area (Å²) >= 11 is 0. The van der Waals surface area contributed by atoms with Gasteiger partial charge >= 0.3 is 0 Å². The normalized spacial score (nSPS) is 12.1. The largest absolute Gasteiger partial charge is 0.456 e. The van der Waals surface area contributed by atoms with E-state index in [1.54, 1.807) is 0 Å². The second kappa shape index (κ2) is 26.6. The fourth-order valence-corrected chi connectivity index (χ4v) is 17.4. The van der Waals surface area contributed by atoms with Gasteiger partial charge in [-0.2, -0.15) is 0 Å². The topological polar surface area (TPSA) is 78.8 Å². The molecule has 6 aromatic heterocycles. The number of para-hydroxylation sites is 3. The molecule has 22 rings (SSSR count). The number of fused-ring (bicyclic) bond motifs is 18. The average Bonchev–Trinajstić information content (AvgIpc) is 1.63. The van der Waals surface area contributed by atoms with E-state index in [0.29, 0.717) is 0 Å². The summed E-state index contributed by atoms with van der Waals surface area (Å²) in [5.74, 6) is 0. The Hall–Kier alpha value is -13.7. The highest BCUT2D eigenvalue weighted by Crippen LogP contribution is 2.43. The Balaban J connectivity index is 0.501. The average molecular weight is 1430 g/mol. The van der Waals surface area contributed by atoms with Crippen molar-refractivity contribution in [1.29, 1.82) is 0 Å². The Labute approximate surface area is 639 Å². The summed E-state index contributed by atoms with van der Waals surface area (Å²) in [7, 11) is 0. The first kappa shape index (κ1) is 64.5. The Bertz CT molecular complexity index is 6700. The van der Waals surface area contributed by atoms with E-state index in [-0.39, 0.29) is 0 Å². The van der Waals surface area contributed by atoms with Crippen LogP contribution in [0.4, 0.5) is 0 Å². The van der Waals surface area contributed by atoms with Crippen LogP contribution in [0.2, 0.25) is 0 Å². The third-order valence-corrected chi connectivity index (χ3v) is 23.3. The number of benzene rings is 16. The molecule has 0 saturated heterocycles. The highest BCUT2D eigenvalue weighted by Gasteiger charge is 2.19. The fraction of sp³-hybridized carbons (Fsp3) is 0.0857. The first-order chi connectivity index (χ1) is 54.8. The standard InChI is InChI=1S/C105H72O6/c1-4-19-94-82(16-1)88-58-73(37-46-100(88)106-94)76-40-49-103-91(61-76)85-52-67(28-43-97(85)109-103)13-7-10-64-22-31-70(32-23-64)79-55-80(71-33-24-65(25-34-71)11-8-14-68-29-44-98-86(53-68)92-62-77(41-50-104(92)110-98)74-38-47-101-89(59-74)83-17-2-5-20-95(83)107-101)57-81(56-79)72-35-26-66(27-36-72)12-9-15-69-30-45-99-87(54-69)93-63-78(42-51-105(93)111-99)75-39-48-102-90(60-75)84-18-3-6-21-96(84)108-102/h1-6,16-63H,7-15H2. The van der Waals surface area contributed by atoms with Gasteiger partial charge < -0.3 is 26.5 Å². The van der Waals surface area contributed by atoms with Crippen LogP contribution in [-0.2, 0) is 38.5 Å². The molecular weight excluding hydrogens is 1360 g/mol. The first-order valence-corrected chi connectivity index (χ1v) is 38.9. The van der Waals surface area contributed by atoms with Gasteiger partial charge in [0.15, 0.2) is 0 Å². The fourth-order valence-electron chi connectivity index (χ4n) is 17.4. The van der Waals surface area contributed by atoms with Crippen molar-refractivity contribution >= 4 is 132 Å².